The van der Waals surface area contributed by atoms with Gasteiger partial charge in [-0.3, -0.25) is 10.2 Å². The molecule has 0 aromatic carbocycles. The highest BCUT2D eigenvalue weighted by Crippen LogP contribution is 2.11. The second-order valence-electron chi connectivity index (χ2n) is 2.44. The monoisotopic (exact) mass is 130 g/mol. The third kappa shape index (κ3) is 1.04. The molecule has 0 aliphatic carbocycles. The van der Waals surface area contributed by atoms with Crippen molar-refractivity contribution in [1.29, 1.82) is 0 Å². The van der Waals surface area contributed by atoms with Crippen LogP contribution in [0.2, 0.25) is 0 Å². The minimum atomic E-state index is -0.799. The second kappa shape index (κ2) is 1.97. The standard InChI is InChI=1S/C5H10N2O2/c1-5(4(8)9)2-3-6-7-5/h6-7H,2-3H2,1H3,(H,8,9). The van der Waals surface area contributed by atoms with Gasteiger partial charge in [-0.05, 0) is 13.3 Å². The van der Waals surface area contributed by atoms with Crippen LogP contribution in [0.15, 0.2) is 0 Å². The van der Waals surface area contributed by atoms with Gasteiger partial charge in [0.15, 0.2) is 0 Å². The molecule has 1 heterocycles. The van der Waals surface area contributed by atoms with Crippen LogP contribution in [0.4, 0.5) is 0 Å². The van der Waals surface area contributed by atoms with E-state index in [1.807, 2.05) is 0 Å². The van der Waals surface area contributed by atoms with Gasteiger partial charge < -0.3 is 5.11 Å². The van der Waals surface area contributed by atoms with Crippen molar-refractivity contribution in [3.8, 4) is 0 Å². The Morgan fingerprint density at radius 3 is 2.67 bits per heavy atom. The molecule has 0 spiro atoms. The van der Waals surface area contributed by atoms with E-state index in [0.29, 0.717) is 6.42 Å². The van der Waals surface area contributed by atoms with Gasteiger partial charge in [0.2, 0.25) is 0 Å². The minimum Gasteiger partial charge on any atom is -0.480 e. The maximum atomic E-state index is 10.4. The molecule has 52 valence electrons. The Morgan fingerprint density at radius 2 is 2.44 bits per heavy atom. The number of hydrogen-bond acceptors (Lipinski definition) is 3. The zero-order chi connectivity index (χ0) is 6.91. The molecule has 4 nitrogen and oxygen atoms in total. The summed E-state index contributed by atoms with van der Waals surface area (Å²) in [4.78, 5) is 10.4. The topological polar surface area (TPSA) is 61.4 Å². The van der Waals surface area contributed by atoms with E-state index in [1.165, 1.54) is 0 Å². The molecular formula is C5H10N2O2. The lowest BCUT2D eigenvalue weighted by Gasteiger charge is -2.15. The van der Waals surface area contributed by atoms with E-state index < -0.39 is 11.5 Å². The maximum Gasteiger partial charge on any atom is 0.324 e. The third-order valence-electron chi connectivity index (χ3n) is 1.59. The number of aliphatic carboxylic acids is 1. The van der Waals surface area contributed by atoms with Crippen LogP contribution in [0.25, 0.3) is 0 Å². The van der Waals surface area contributed by atoms with Crippen LogP contribution in [0.1, 0.15) is 13.3 Å². The predicted molar refractivity (Wildman–Crippen MR) is 31.8 cm³/mol. The molecule has 3 N–H and O–H groups in total. The Kier molecular flexibility index (Phi) is 1.42. The van der Waals surface area contributed by atoms with E-state index in [4.69, 9.17) is 5.11 Å². The Morgan fingerprint density at radius 1 is 1.78 bits per heavy atom. The summed E-state index contributed by atoms with van der Waals surface area (Å²) in [7, 11) is 0. The smallest absolute Gasteiger partial charge is 0.324 e. The zero-order valence-corrected chi connectivity index (χ0v) is 5.27. The summed E-state index contributed by atoms with van der Waals surface area (Å²) in [6.07, 6.45) is 0.641. The fourth-order valence-electron chi connectivity index (χ4n) is 0.793. The van der Waals surface area contributed by atoms with Gasteiger partial charge in [-0.2, -0.15) is 0 Å². The Hall–Kier alpha value is -0.610. The van der Waals surface area contributed by atoms with Crippen LogP contribution in [0.5, 0.6) is 0 Å². The van der Waals surface area contributed by atoms with Crippen molar-refractivity contribution in [3.05, 3.63) is 0 Å². The molecule has 0 bridgehead atoms. The highest BCUT2D eigenvalue weighted by Gasteiger charge is 2.35. The largest absolute Gasteiger partial charge is 0.480 e. The third-order valence-corrected chi connectivity index (χ3v) is 1.59. The van der Waals surface area contributed by atoms with E-state index in [1.54, 1.807) is 6.92 Å². The number of carboxylic acid groups (broad SMARTS) is 1. The van der Waals surface area contributed by atoms with Crippen LogP contribution in [-0.4, -0.2) is 23.2 Å². The highest BCUT2D eigenvalue weighted by atomic mass is 16.4. The van der Waals surface area contributed by atoms with E-state index in [-0.39, 0.29) is 0 Å². The molecule has 1 saturated heterocycles. The molecule has 1 atom stereocenters. The fourth-order valence-corrected chi connectivity index (χ4v) is 0.793. The van der Waals surface area contributed by atoms with Crippen molar-refractivity contribution >= 4 is 5.97 Å². The molecule has 1 aliphatic rings. The van der Waals surface area contributed by atoms with Crippen molar-refractivity contribution in [3.63, 3.8) is 0 Å². The van der Waals surface area contributed by atoms with Crippen LogP contribution < -0.4 is 10.9 Å². The molecular weight excluding hydrogens is 120 g/mol. The summed E-state index contributed by atoms with van der Waals surface area (Å²) in [6.45, 7) is 2.39. The number of hydrogen-bond donors (Lipinski definition) is 3. The first-order valence-corrected chi connectivity index (χ1v) is 2.88. The quantitative estimate of drug-likeness (QED) is 0.440. The Labute approximate surface area is 53.2 Å². The molecule has 0 amide bonds. The first kappa shape index (κ1) is 6.51. The molecule has 1 unspecified atom stereocenters. The molecule has 9 heavy (non-hydrogen) atoms. The molecule has 0 aromatic heterocycles. The number of hydrazine groups is 1. The van der Waals surface area contributed by atoms with Gasteiger partial charge in [-0.15, -0.1) is 0 Å². The van der Waals surface area contributed by atoms with Crippen LogP contribution in [0.3, 0.4) is 0 Å². The summed E-state index contributed by atoms with van der Waals surface area (Å²) in [5.41, 5.74) is 4.70. The number of nitrogens with one attached hydrogen (secondary N) is 2. The van der Waals surface area contributed by atoms with E-state index in [9.17, 15) is 4.79 Å². The van der Waals surface area contributed by atoms with Gasteiger partial charge in [-0.1, -0.05) is 0 Å². The van der Waals surface area contributed by atoms with Crippen molar-refractivity contribution in [2.24, 2.45) is 0 Å². The van der Waals surface area contributed by atoms with E-state index in [0.717, 1.165) is 6.54 Å². The predicted octanol–water partition coefficient (Wildman–Crippen LogP) is -0.672. The minimum absolute atomic E-state index is 0.641. The van der Waals surface area contributed by atoms with Crippen molar-refractivity contribution in [1.82, 2.24) is 10.9 Å². The summed E-state index contributed by atoms with van der Waals surface area (Å²) in [5, 5.41) is 8.57. The van der Waals surface area contributed by atoms with Crippen molar-refractivity contribution in [2.75, 3.05) is 6.54 Å². The number of rotatable bonds is 1. The van der Waals surface area contributed by atoms with Gasteiger partial charge >= 0.3 is 5.97 Å². The maximum absolute atomic E-state index is 10.4. The lowest BCUT2D eigenvalue weighted by atomic mass is 10.0. The molecule has 1 fully saturated rings. The molecule has 0 saturated carbocycles. The fraction of sp³-hybridized carbons (Fsp3) is 0.800. The van der Waals surface area contributed by atoms with E-state index in [2.05, 4.69) is 10.9 Å². The van der Waals surface area contributed by atoms with Crippen LogP contribution in [-0.2, 0) is 4.79 Å². The van der Waals surface area contributed by atoms with Crippen molar-refractivity contribution < 1.29 is 9.90 Å². The SMILES string of the molecule is CC1(C(=O)O)CCNN1. The number of carbonyl (C=O) groups is 1. The molecule has 1 rings (SSSR count). The average Bonchev–Trinajstić information content (AvgIpc) is 2.16. The molecule has 0 radical (unpaired) electrons. The number of carboxylic acids is 1. The van der Waals surface area contributed by atoms with Crippen molar-refractivity contribution in [2.45, 2.75) is 18.9 Å². The van der Waals surface area contributed by atoms with Gasteiger partial charge in [0.1, 0.15) is 5.54 Å². The lowest BCUT2D eigenvalue weighted by Crippen LogP contribution is -2.47. The summed E-state index contributed by atoms with van der Waals surface area (Å²) >= 11 is 0. The molecule has 0 aromatic rings. The first-order valence-electron chi connectivity index (χ1n) is 2.88. The van der Waals surface area contributed by atoms with Crippen LogP contribution in [0, 0.1) is 0 Å². The summed E-state index contributed by atoms with van der Waals surface area (Å²) < 4.78 is 0. The lowest BCUT2D eigenvalue weighted by molar-refractivity contribution is -0.143. The molecule has 4 heteroatoms. The summed E-state index contributed by atoms with van der Waals surface area (Å²) in [5.74, 6) is -0.799. The van der Waals surface area contributed by atoms with Gasteiger partial charge in [0, 0.05) is 6.54 Å². The Bertz CT molecular complexity index is 129. The van der Waals surface area contributed by atoms with Gasteiger partial charge in [0.05, 0.1) is 0 Å². The van der Waals surface area contributed by atoms with Gasteiger partial charge in [0.25, 0.3) is 0 Å². The Balaban J connectivity index is 2.61. The normalized spacial score (nSPS) is 34.8. The zero-order valence-electron chi connectivity index (χ0n) is 5.27. The molecule has 1 aliphatic heterocycles. The first-order chi connectivity index (χ1) is 4.15. The average molecular weight is 130 g/mol. The van der Waals surface area contributed by atoms with Crippen LogP contribution >= 0.6 is 0 Å². The van der Waals surface area contributed by atoms with E-state index >= 15 is 0 Å². The summed E-state index contributed by atoms with van der Waals surface area (Å²) in [6, 6.07) is 0. The highest BCUT2D eigenvalue weighted by molar-refractivity contribution is 5.78. The van der Waals surface area contributed by atoms with Gasteiger partial charge in [-0.25, -0.2) is 5.43 Å². The second-order valence-corrected chi connectivity index (χ2v) is 2.44.